The number of hydrogen-bond acceptors (Lipinski definition) is 2. The van der Waals surface area contributed by atoms with Crippen molar-refractivity contribution < 1.29 is 4.79 Å². The minimum Gasteiger partial charge on any atom is -0.351 e. The van der Waals surface area contributed by atoms with Crippen molar-refractivity contribution in [2.24, 2.45) is 0 Å². The number of nitrogens with one attached hydrogen (secondary N) is 1. The molecule has 1 N–H and O–H groups in total. The molecule has 0 aliphatic rings. The Morgan fingerprint density at radius 3 is 2.81 bits per heavy atom. The van der Waals surface area contributed by atoms with Crippen LogP contribution in [0.5, 0.6) is 0 Å². The summed E-state index contributed by atoms with van der Waals surface area (Å²) in [5.74, 6) is 0.106. The van der Waals surface area contributed by atoms with Gasteiger partial charge in [0.25, 0.3) is 0 Å². The molecule has 1 unspecified atom stereocenters. The highest BCUT2D eigenvalue weighted by Crippen LogP contribution is 2.02. The predicted octanol–water partition coefficient (Wildman–Crippen LogP) is 1.07. The first kappa shape index (κ1) is 12.8. The van der Waals surface area contributed by atoms with Gasteiger partial charge >= 0.3 is 0 Å². The van der Waals surface area contributed by atoms with Crippen molar-refractivity contribution in [1.82, 2.24) is 14.8 Å². The van der Waals surface area contributed by atoms with Crippen molar-refractivity contribution in [3.8, 4) is 0 Å². The van der Waals surface area contributed by atoms with E-state index in [0.29, 0.717) is 0 Å². The molecule has 1 aromatic heterocycles. The van der Waals surface area contributed by atoms with Gasteiger partial charge in [0.2, 0.25) is 5.91 Å². The Balaban J connectivity index is 2.49. The predicted molar refractivity (Wildman–Crippen MR) is 65.1 cm³/mol. The van der Waals surface area contributed by atoms with E-state index in [2.05, 4.69) is 29.1 Å². The van der Waals surface area contributed by atoms with Crippen LogP contribution in [0.2, 0.25) is 0 Å². The summed E-state index contributed by atoms with van der Waals surface area (Å²) in [6, 6.07) is 3.96. The van der Waals surface area contributed by atoms with Gasteiger partial charge in [0.1, 0.15) is 0 Å². The third-order valence-corrected chi connectivity index (χ3v) is 2.66. The Morgan fingerprint density at radius 2 is 2.25 bits per heavy atom. The van der Waals surface area contributed by atoms with Gasteiger partial charge in [-0.05, 0) is 26.0 Å². The van der Waals surface area contributed by atoms with E-state index in [9.17, 15) is 4.79 Å². The van der Waals surface area contributed by atoms with Crippen molar-refractivity contribution in [1.29, 1.82) is 0 Å². The Bertz CT molecular complexity index is 344. The lowest BCUT2D eigenvalue weighted by Crippen LogP contribution is -2.41. The highest BCUT2D eigenvalue weighted by atomic mass is 16.2. The number of carbonyl (C=O) groups excluding carboxylic acids is 1. The molecule has 0 spiro atoms. The van der Waals surface area contributed by atoms with Gasteiger partial charge in [0, 0.05) is 39.1 Å². The number of carbonyl (C=O) groups is 1. The minimum atomic E-state index is -0.143. The van der Waals surface area contributed by atoms with Gasteiger partial charge in [-0.15, -0.1) is 0 Å². The number of hydrogen-bond donors (Lipinski definition) is 1. The molecule has 0 saturated heterocycles. The lowest BCUT2D eigenvalue weighted by atomic mass is 10.3. The lowest BCUT2D eigenvalue weighted by Gasteiger charge is -2.18. The topological polar surface area (TPSA) is 37.3 Å². The van der Waals surface area contributed by atoms with Crippen LogP contribution in [0.1, 0.15) is 19.5 Å². The SMILES string of the molecule is CCn1cccc1CNC(C)C(=O)N(C)C. The van der Waals surface area contributed by atoms with Crippen LogP contribution in [0.15, 0.2) is 18.3 Å². The number of aromatic nitrogens is 1. The molecule has 1 rings (SSSR count). The van der Waals surface area contributed by atoms with Gasteiger partial charge in [-0.3, -0.25) is 4.79 Å². The zero-order chi connectivity index (χ0) is 12.1. The van der Waals surface area contributed by atoms with Gasteiger partial charge in [-0.25, -0.2) is 0 Å². The van der Waals surface area contributed by atoms with Crippen molar-refractivity contribution in [3.05, 3.63) is 24.0 Å². The fraction of sp³-hybridized carbons (Fsp3) is 0.583. The zero-order valence-electron chi connectivity index (χ0n) is 10.5. The molecule has 16 heavy (non-hydrogen) atoms. The third-order valence-electron chi connectivity index (χ3n) is 2.66. The van der Waals surface area contributed by atoms with Crippen LogP contribution in [-0.4, -0.2) is 35.5 Å². The third kappa shape index (κ3) is 3.10. The van der Waals surface area contributed by atoms with Crippen molar-refractivity contribution in [2.75, 3.05) is 14.1 Å². The van der Waals surface area contributed by atoms with Gasteiger partial charge in [0.05, 0.1) is 6.04 Å². The molecule has 0 radical (unpaired) electrons. The minimum absolute atomic E-state index is 0.106. The van der Waals surface area contributed by atoms with Crippen molar-refractivity contribution >= 4 is 5.91 Å². The Morgan fingerprint density at radius 1 is 1.56 bits per heavy atom. The van der Waals surface area contributed by atoms with E-state index < -0.39 is 0 Å². The first-order chi connectivity index (χ1) is 7.56. The maximum absolute atomic E-state index is 11.6. The van der Waals surface area contributed by atoms with Crippen LogP contribution < -0.4 is 5.32 Å². The fourth-order valence-corrected chi connectivity index (χ4v) is 1.65. The molecule has 0 bridgehead atoms. The Labute approximate surface area is 97.2 Å². The Kier molecular flexibility index (Phi) is 4.55. The summed E-state index contributed by atoms with van der Waals surface area (Å²) in [6.07, 6.45) is 2.05. The molecule has 1 atom stereocenters. The second-order valence-electron chi connectivity index (χ2n) is 4.12. The highest BCUT2D eigenvalue weighted by molar-refractivity contribution is 5.80. The van der Waals surface area contributed by atoms with E-state index in [4.69, 9.17) is 0 Å². The van der Waals surface area contributed by atoms with Crippen LogP contribution in [-0.2, 0) is 17.9 Å². The molecule has 1 aromatic rings. The van der Waals surface area contributed by atoms with Crippen LogP contribution in [0, 0.1) is 0 Å². The van der Waals surface area contributed by atoms with Crippen LogP contribution in [0.25, 0.3) is 0 Å². The van der Waals surface area contributed by atoms with Crippen LogP contribution in [0.4, 0.5) is 0 Å². The summed E-state index contributed by atoms with van der Waals surface area (Å²) >= 11 is 0. The van der Waals surface area contributed by atoms with E-state index in [1.54, 1.807) is 19.0 Å². The number of aryl methyl sites for hydroxylation is 1. The number of amides is 1. The molecule has 4 nitrogen and oxygen atoms in total. The maximum atomic E-state index is 11.6. The van der Waals surface area contributed by atoms with Crippen molar-refractivity contribution in [2.45, 2.75) is 33.0 Å². The van der Waals surface area contributed by atoms with Gasteiger partial charge in [-0.1, -0.05) is 0 Å². The van der Waals surface area contributed by atoms with E-state index in [1.165, 1.54) is 5.69 Å². The van der Waals surface area contributed by atoms with E-state index >= 15 is 0 Å². The molecule has 1 amide bonds. The smallest absolute Gasteiger partial charge is 0.238 e. The van der Waals surface area contributed by atoms with Gasteiger partial charge in [-0.2, -0.15) is 0 Å². The average molecular weight is 223 g/mol. The standard InChI is InChI=1S/C12H21N3O/c1-5-15-8-6-7-11(15)9-13-10(2)12(16)14(3)4/h6-8,10,13H,5,9H2,1-4H3. The summed E-state index contributed by atoms with van der Waals surface area (Å²) in [5, 5.41) is 3.23. The van der Waals surface area contributed by atoms with E-state index in [0.717, 1.165) is 13.1 Å². The molecule has 0 aliphatic heterocycles. The molecule has 1 heterocycles. The van der Waals surface area contributed by atoms with E-state index in [1.807, 2.05) is 13.0 Å². The molecule has 0 aromatic carbocycles. The largest absolute Gasteiger partial charge is 0.351 e. The molecule has 0 aliphatic carbocycles. The second kappa shape index (κ2) is 5.70. The second-order valence-corrected chi connectivity index (χ2v) is 4.12. The summed E-state index contributed by atoms with van der Waals surface area (Å²) in [4.78, 5) is 13.2. The first-order valence-corrected chi connectivity index (χ1v) is 5.64. The first-order valence-electron chi connectivity index (χ1n) is 5.64. The summed E-state index contributed by atoms with van der Waals surface area (Å²) in [7, 11) is 3.55. The monoisotopic (exact) mass is 223 g/mol. The summed E-state index contributed by atoms with van der Waals surface area (Å²) < 4.78 is 2.17. The normalized spacial score (nSPS) is 12.5. The molecule has 4 heteroatoms. The molecule has 0 fully saturated rings. The Hall–Kier alpha value is -1.29. The van der Waals surface area contributed by atoms with Crippen LogP contribution in [0.3, 0.4) is 0 Å². The summed E-state index contributed by atoms with van der Waals surface area (Å²) in [6.45, 7) is 5.68. The molecular weight excluding hydrogens is 202 g/mol. The maximum Gasteiger partial charge on any atom is 0.238 e. The highest BCUT2D eigenvalue weighted by Gasteiger charge is 2.14. The molecular formula is C12H21N3O. The number of rotatable bonds is 5. The summed E-state index contributed by atoms with van der Waals surface area (Å²) in [5.41, 5.74) is 1.21. The molecule has 90 valence electrons. The zero-order valence-corrected chi connectivity index (χ0v) is 10.5. The van der Waals surface area contributed by atoms with Crippen molar-refractivity contribution in [3.63, 3.8) is 0 Å². The van der Waals surface area contributed by atoms with E-state index in [-0.39, 0.29) is 11.9 Å². The van der Waals surface area contributed by atoms with Gasteiger partial charge < -0.3 is 14.8 Å². The number of likely N-dealkylation sites (N-methyl/N-ethyl adjacent to an activating group) is 1. The molecule has 0 saturated carbocycles. The van der Waals surface area contributed by atoms with Crippen LogP contribution >= 0.6 is 0 Å². The van der Waals surface area contributed by atoms with Gasteiger partial charge in [0.15, 0.2) is 0 Å². The lowest BCUT2D eigenvalue weighted by molar-refractivity contribution is -0.130. The fourth-order valence-electron chi connectivity index (χ4n) is 1.65. The average Bonchev–Trinajstić information content (AvgIpc) is 2.71. The quantitative estimate of drug-likeness (QED) is 0.811. The number of nitrogens with zero attached hydrogens (tertiary/aromatic N) is 2.